The second-order valence-corrected chi connectivity index (χ2v) is 1.02. The van der Waals surface area contributed by atoms with Gasteiger partial charge >= 0.3 is 0 Å². The first-order valence-corrected chi connectivity index (χ1v) is 1.71. The lowest BCUT2D eigenvalue weighted by atomic mass is 10.4. The van der Waals surface area contributed by atoms with Crippen molar-refractivity contribution in [1.29, 1.82) is 0 Å². The van der Waals surface area contributed by atoms with Gasteiger partial charge in [0, 0.05) is 0 Å². The van der Waals surface area contributed by atoms with Crippen LogP contribution in [0.25, 0.3) is 0 Å². The van der Waals surface area contributed by atoms with Gasteiger partial charge in [0.25, 0.3) is 0 Å². The molecule has 0 aliphatic carbocycles. The number of halogens is 1. The third kappa shape index (κ3) is 6.61. The summed E-state index contributed by atoms with van der Waals surface area (Å²) in [5, 5.41) is 24.0. The SMILES string of the molecule is OCC(O)CO.[I-]. The largest absolute Gasteiger partial charge is 1.00 e. The number of aliphatic hydroxyl groups is 3. The zero-order valence-corrected chi connectivity index (χ0v) is 5.87. The average Bonchev–Trinajstić information content (AvgIpc) is 1.65. The molecule has 0 rings (SSSR count). The maximum absolute atomic E-state index is 8.17. The second-order valence-electron chi connectivity index (χ2n) is 1.02. The molecule has 0 fully saturated rings. The molecule has 3 N–H and O–H groups in total. The van der Waals surface area contributed by atoms with Gasteiger partial charge < -0.3 is 39.3 Å². The molecule has 7 heavy (non-hydrogen) atoms. The van der Waals surface area contributed by atoms with E-state index in [2.05, 4.69) is 0 Å². The van der Waals surface area contributed by atoms with E-state index in [-0.39, 0.29) is 37.2 Å². The van der Waals surface area contributed by atoms with E-state index in [1.165, 1.54) is 0 Å². The normalized spacial score (nSPS) is 8.57. The monoisotopic (exact) mass is 219 g/mol. The Kier molecular flexibility index (Phi) is 9.98. The van der Waals surface area contributed by atoms with Crippen LogP contribution in [-0.4, -0.2) is 34.6 Å². The molecule has 0 saturated heterocycles. The van der Waals surface area contributed by atoms with Gasteiger partial charge in [-0.2, -0.15) is 0 Å². The topological polar surface area (TPSA) is 60.7 Å². The van der Waals surface area contributed by atoms with E-state index < -0.39 is 6.10 Å². The van der Waals surface area contributed by atoms with Gasteiger partial charge in [0.1, 0.15) is 6.10 Å². The van der Waals surface area contributed by atoms with Crippen LogP contribution in [0.3, 0.4) is 0 Å². The van der Waals surface area contributed by atoms with Crippen LogP contribution >= 0.6 is 0 Å². The Labute approximate surface area is 59.0 Å². The fraction of sp³-hybridized carbons (Fsp3) is 1.00. The van der Waals surface area contributed by atoms with E-state index in [4.69, 9.17) is 15.3 Å². The Morgan fingerprint density at radius 1 is 1.14 bits per heavy atom. The summed E-state index contributed by atoms with van der Waals surface area (Å²) < 4.78 is 0. The van der Waals surface area contributed by atoms with Crippen molar-refractivity contribution < 1.29 is 39.3 Å². The van der Waals surface area contributed by atoms with Crippen LogP contribution < -0.4 is 24.0 Å². The van der Waals surface area contributed by atoms with Crippen LogP contribution in [0.4, 0.5) is 0 Å². The highest BCUT2D eigenvalue weighted by Gasteiger charge is 1.93. The lowest BCUT2D eigenvalue weighted by Gasteiger charge is -1.96. The number of hydrogen-bond donors (Lipinski definition) is 3. The van der Waals surface area contributed by atoms with Crippen molar-refractivity contribution in [3.8, 4) is 0 Å². The lowest BCUT2D eigenvalue weighted by Crippen LogP contribution is -3.00. The molecule has 0 aromatic heterocycles. The standard InChI is InChI=1S/C3H8O3.HI/c4-1-3(6)2-5;/h3-6H,1-2H2;1H/p-1. The third-order valence-corrected chi connectivity index (χ3v) is 0.421. The van der Waals surface area contributed by atoms with Crippen LogP contribution in [0.5, 0.6) is 0 Å². The lowest BCUT2D eigenvalue weighted by molar-refractivity contribution is -0.00000371. The molecule has 46 valence electrons. The van der Waals surface area contributed by atoms with E-state index in [1.807, 2.05) is 0 Å². The van der Waals surface area contributed by atoms with Gasteiger partial charge in [0.05, 0.1) is 13.2 Å². The maximum atomic E-state index is 8.17. The molecule has 0 aliphatic rings. The summed E-state index contributed by atoms with van der Waals surface area (Å²) >= 11 is 0. The molecule has 4 heteroatoms. The van der Waals surface area contributed by atoms with Crippen LogP contribution in [0, 0.1) is 0 Å². The molecular formula is C3H8IO3-. The molecular weight excluding hydrogens is 211 g/mol. The molecule has 0 heterocycles. The van der Waals surface area contributed by atoms with Gasteiger partial charge in [-0.1, -0.05) is 0 Å². The molecule has 0 saturated carbocycles. The minimum Gasteiger partial charge on any atom is -1.00 e. The average molecular weight is 219 g/mol. The molecule has 0 atom stereocenters. The molecule has 0 unspecified atom stereocenters. The predicted octanol–water partition coefficient (Wildman–Crippen LogP) is -4.66. The van der Waals surface area contributed by atoms with E-state index in [9.17, 15) is 0 Å². The van der Waals surface area contributed by atoms with Crippen molar-refractivity contribution in [3.63, 3.8) is 0 Å². The van der Waals surface area contributed by atoms with E-state index in [1.54, 1.807) is 0 Å². The Morgan fingerprint density at radius 2 is 1.43 bits per heavy atom. The third-order valence-electron chi connectivity index (χ3n) is 0.421. The highest BCUT2D eigenvalue weighted by molar-refractivity contribution is 4.43. The summed E-state index contributed by atoms with van der Waals surface area (Å²) in [5.41, 5.74) is 0. The molecule has 0 radical (unpaired) electrons. The summed E-state index contributed by atoms with van der Waals surface area (Å²) in [6.07, 6.45) is -0.954. The van der Waals surface area contributed by atoms with Gasteiger partial charge in [-0.25, -0.2) is 0 Å². The Bertz CT molecular complexity index is 29.4. The van der Waals surface area contributed by atoms with Gasteiger partial charge in [0.2, 0.25) is 0 Å². The Hall–Kier alpha value is 0.610. The van der Waals surface area contributed by atoms with Crippen molar-refractivity contribution in [3.05, 3.63) is 0 Å². The smallest absolute Gasteiger partial charge is 0.100 e. The molecule has 0 amide bonds. The first kappa shape index (κ1) is 10.6. The fourth-order valence-electron chi connectivity index (χ4n) is 0.0577. The van der Waals surface area contributed by atoms with E-state index in [0.717, 1.165) is 0 Å². The number of hydrogen-bond acceptors (Lipinski definition) is 3. The molecule has 0 bridgehead atoms. The predicted molar refractivity (Wildman–Crippen MR) is 20.2 cm³/mol. The first-order valence-electron chi connectivity index (χ1n) is 1.71. The summed E-state index contributed by atoms with van der Waals surface area (Å²) in [5.74, 6) is 0. The zero-order chi connectivity index (χ0) is 4.99. The summed E-state index contributed by atoms with van der Waals surface area (Å²) in [4.78, 5) is 0. The highest BCUT2D eigenvalue weighted by atomic mass is 127. The first-order chi connectivity index (χ1) is 2.81. The van der Waals surface area contributed by atoms with Gasteiger partial charge in [0.15, 0.2) is 0 Å². The fourth-order valence-corrected chi connectivity index (χ4v) is 0.0577. The van der Waals surface area contributed by atoms with Gasteiger partial charge in [-0.15, -0.1) is 0 Å². The number of rotatable bonds is 2. The summed E-state index contributed by atoms with van der Waals surface area (Å²) in [7, 11) is 0. The summed E-state index contributed by atoms with van der Waals surface area (Å²) in [6, 6.07) is 0. The summed E-state index contributed by atoms with van der Waals surface area (Å²) in [6.45, 7) is -0.729. The van der Waals surface area contributed by atoms with Crippen molar-refractivity contribution in [2.24, 2.45) is 0 Å². The highest BCUT2D eigenvalue weighted by Crippen LogP contribution is 1.71. The van der Waals surface area contributed by atoms with Crippen LogP contribution in [0.1, 0.15) is 0 Å². The van der Waals surface area contributed by atoms with Crippen LogP contribution in [0.15, 0.2) is 0 Å². The second kappa shape index (κ2) is 6.61. The van der Waals surface area contributed by atoms with Crippen molar-refractivity contribution >= 4 is 0 Å². The van der Waals surface area contributed by atoms with Crippen LogP contribution in [-0.2, 0) is 0 Å². The zero-order valence-electron chi connectivity index (χ0n) is 3.71. The molecule has 0 spiro atoms. The van der Waals surface area contributed by atoms with Crippen molar-refractivity contribution in [2.75, 3.05) is 13.2 Å². The van der Waals surface area contributed by atoms with Crippen LogP contribution in [0.2, 0.25) is 0 Å². The minimum atomic E-state index is -0.954. The maximum Gasteiger partial charge on any atom is 0.100 e. The molecule has 0 aromatic carbocycles. The molecule has 3 nitrogen and oxygen atoms in total. The van der Waals surface area contributed by atoms with Crippen molar-refractivity contribution in [1.82, 2.24) is 0 Å². The quantitative estimate of drug-likeness (QED) is 0.409. The Balaban J connectivity index is 0. The molecule has 0 aliphatic heterocycles. The minimum absolute atomic E-state index is 0. The van der Waals surface area contributed by atoms with E-state index in [0.29, 0.717) is 0 Å². The van der Waals surface area contributed by atoms with Crippen molar-refractivity contribution in [2.45, 2.75) is 6.10 Å². The van der Waals surface area contributed by atoms with Gasteiger partial charge in [-0.05, 0) is 0 Å². The van der Waals surface area contributed by atoms with E-state index >= 15 is 0 Å². The van der Waals surface area contributed by atoms with Gasteiger partial charge in [-0.3, -0.25) is 0 Å². The Morgan fingerprint density at radius 3 is 1.43 bits per heavy atom. The molecule has 0 aromatic rings. The number of aliphatic hydroxyl groups excluding tert-OH is 3.